The van der Waals surface area contributed by atoms with Gasteiger partial charge in [0.2, 0.25) is 11.8 Å². The molecule has 3 aromatic rings. The molecule has 6 heteroatoms. The number of amides is 1. The third kappa shape index (κ3) is 5.19. The van der Waals surface area contributed by atoms with Crippen LogP contribution in [0.3, 0.4) is 0 Å². The van der Waals surface area contributed by atoms with Crippen molar-refractivity contribution in [3.8, 4) is 17.5 Å². The van der Waals surface area contributed by atoms with Crippen LogP contribution in [0.4, 0.5) is 5.69 Å². The molecular formula is C21H20N4O2. The number of carbonyl (C=O) groups is 1. The lowest BCUT2D eigenvalue weighted by Crippen LogP contribution is -2.31. The van der Waals surface area contributed by atoms with Gasteiger partial charge in [0.25, 0.3) is 0 Å². The molecule has 27 heavy (non-hydrogen) atoms. The van der Waals surface area contributed by atoms with Crippen LogP contribution in [-0.2, 0) is 11.2 Å². The largest absolute Gasteiger partial charge is 0.444 e. The molecule has 0 atom stereocenters. The molecule has 0 aliphatic rings. The van der Waals surface area contributed by atoms with E-state index in [9.17, 15) is 4.79 Å². The number of aromatic nitrogens is 1. The Morgan fingerprint density at radius 1 is 1.15 bits per heavy atom. The Morgan fingerprint density at radius 3 is 2.59 bits per heavy atom. The summed E-state index contributed by atoms with van der Waals surface area (Å²) in [5, 5.41) is 14.6. The van der Waals surface area contributed by atoms with Crippen LogP contribution in [0.25, 0.3) is 11.5 Å². The van der Waals surface area contributed by atoms with E-state index in [0.717, 1.165) is 16.9 Å². The standard InChI is InChI=1S/C21H20N4O2/c1-15-2-6-17(7-3-15)21-25-19(14-27-21)10-11-23-20(26)13-24-18-8-4-16(12-22)5-9-18/h2-9,14,24H,10-11,13H2,1H3,(H,23,26). The number of hydrogen-bond acceptors (Lipinski definition) is 5. The first kappa shape index (κ1) is 18.2. The molecule has 0 aliphatic carbocycles. The number of nitrogens with one attached hydrogen (secondary N) is 2. The zero-order valence-electron chi connectivity index (χ0n) is 15.0. The van der Waals surface area contributed by atoms with E-state index in [-0.39, 0.29) is 12.5 Å². The molecule has 0 fully saturated rings. The number of aryl methyl sites for hydroxylation is 1. The summed E-state index contributed by atoms with van der Waals surface area (Å²) in [6, 6.07) is 17.0. The molecule has 136 valence electrons. The summed E-state index contributed by atoms with van der Waals surface area (Å²) in [5.74, 6) is 0.473. The molecule has 0 saturated carbocycles. The van der Waals surface area contributed by atoms with Crippen LogP contribution in [0.5, 0.6) is 0 Å². The average Bonchev–Trinajstić information content (AvgIpc) is 3.16. The van der Waals surface area contributed by atoms with Crippen LogP contribution < -0.4 is 10.6 Å². The highest BCUT2D eigenvalue weighted by Crippen LogP contribution is 2.19. The van der Waals surface area contributed by atoms with Gasteiger partial charge in [-0.1, -0.05) is 17.7 Å². The SMILES string of the molecule is Cc1ccc(-c2nc(CCNC(=O)CNc3ccc(C#N)cc3)co2)cc1. The molecular weight excluding hydrogens is 340 g/mol. The summed E-state index contributed by atoms with van der Waals surface area (Å²) in [6.45, 7) is 2.68. The minimum absolute atomic E-state index is 0.110. The predicted molar refractivity (Wildman–Crippen MR) is 103 cm³/mol. The number of oxazole rings is 1. The summed E-state index contributed by atoms with van der Waals surface area (Å²) >= 11 is 0. The normalized spacial score (nSPS) is 10.2. The summed E-state index contributed by atoms with van der Waals surface area (Å²) in [5.41, 5.74) is 4.29. The van der Waals surface area contributed by atoms with Crippen LogP contribution in [0, 0.1) is 18.3 Å². The van der Waals surface area contributed by atoms with Gasteiger partial charge in [-0.3, -0.25) is 4.79 Å². The van der Waals surface area contributed by atoms with Gasteiger partial charge in [0.05, 0.1) is 23.9 Å². The number of nitrogens with zero attached hydrogens (tertiary/aromatic N) is 2. The van der Waals surface area contributed by atoms with E-state index in [0.29, 0.717) is 24.4 Å². The van der Waals surface area contributed by atoms with Crippen molar-refractivity contribution >= 4 is 11.6 Å². The maximum atomic E-state index is 11.9. The molecule has 0 bridgehead atoms. The van der Waals surface area contributed by atoms with Crippen LogP contribution in [0.2, 0.25) is 0 Å². The van der Waals surface area contributed by atoms with Crippen LogP contribution in [0.15, 0.2) is 59.2 Å². The number of carbonyl (C=O) groups excluding carboxylic acids is 1. The van der Waals surface area contributed by atoms with Crippen molar-refractivity contribution in [1.29, 1.82) is 5.26 Å². The second-order valence-corrected chi connectivity index (χ2v) is 6.15. The van der Waals surface area contributed by atoms with Gasteiger partial charge < -0.3 is 15.1 Å². The molecule has 1 heterocycles. The van der Waals surface area contributed by atoms with E-state index in [2.05, 4.69) is 21.7 Å². The van der Waals surface area contributed by atoms with Gasteiger partial charge in [0, 0.05) is 24.2 Å². The van der Waals surface area contributed by atoms with Crippen molar-refractivity contribution in [3.63, 3.8) is 0 Å². The Kier molecular flexibility index (Phi) is 5.85. The zero-order chi connectivity index (χ0) is 19.1. The zero-order valence-corrected chi connectivity index (χ0v) is 15.0. The van der Waals surface area contributed by atoms with Crippen molar-refractivity contribution in [2.24, 2.45) is 0 Å². The third-order valence-corrected chi connectivity index (χ3v) is 4.02. The smallest absolute Gasteiger partial charge is 0.239 e. The number of rotatable bonds is 7. The molecule has 0 unspecified atom stereocenters. The number of hydrogen-bond donors (Lipinski definition) is 2. The summed E-state index contributed by atoms with van der Waals surface area (Å²) in [6.07, 6.45) is 2.22. The minimum atomic E-state index is -0.110. The van der Waals surface area contributed by atoms with Crippen molar-refractivity contribution in [1.82, 2.24) is 10.3 Å². The first-order valence-electron chi connectivity index (χ1n) is 8.66. The van der Waals surface area contributed by atoms with Gasteiger partial charge in [-0.05, 0) is 43.3 Å². The van der Waals surface area contributed by atoms with Crippen molar-refractivity contribution in [2.45, 2.75) is 13.3 Å². The van der Waals surface area contributed by atoms with Gasteiger partial charge >= 0.3 is 0 Å². The number of benzene rings is 2. The van der Waals surface area contributed by atoms with Crippen molar-refractivity contribution < 1.29 is 9.21 Å². The number of nitriles is 1. The fraction of sp³-hybridized carbons (Fsp3) is 0.190. The Balaban J connectivity index is 1.42. The maximum Gasteiger partial charge on any atom is 0.239 e. The molecule has 0 saturated heterocycles. The van der Waals surface area contributed by atoms with Gasteiger partial charge in [-0.25, -0.2) is 4.98 Å². The van der Waals surface area contributed by atoms with Crippen LogP contribution in [-0.4, -0.2) is 24.0 Å². The highest BCUT2D eigenvalue weighted by atomic mass is 16.3. The van der Waals surface area contributed by atoms with E-state index in [1.165, 1.54) is 5.56 Å². The van der Waals surface area contributed by atoms with E-state index in [1.54, 1.807) is 30.5 Å². The Bertz CT molecular complexity index is 938. The first-order chi connectivity index (χ1) is 13.1. The van der Waals surface area contributed by atoms with Crippen molar-refractivity contribution in [3.05, 3.63) is 71.6 Å². The highest BCUT2D eigenvalue weighted by Gasteiger charge is 2.07. The summed E-state index contributed by atoms with van der Waals surface area (Å²) in [7, 11) is 0. The molecule has 3 rings (SSSR count). The van der Waals surface area contributed by atoms with E-state index in [4.69, 9.17) is 9.68 Å². The van der Waals surface area contributed by atoms with E-state index < -0.39 is 0 Å². The molecule has 2 N–H and O–H groups in total. The topological polar surface area (TPSA) is 91.0 Å². The summed E-state index contributed by atoms with van der Waals surface area (Å²) in [4.78, 5) is 16.4. The second-order valence-electron chi connectivity index (χ2n) is 6.15. The van der Waals surface area contributed by atoms with Gasteiger partial charge in [-0.2, -0.15) is 5.26 Å². The predicted octanol–water partition coefficient (Wildman–Crippen LogP) is 3.29. The quantitative estimate of drug-likeness (QED) is 0.675. The molecule has 0 aliphatic heterocycles. The molecule has 1 amide bonds. The summed E-state index contributed by atoms with van der Waals surface area (Å²) < 4.78 is 5.51. The monoisotopic (exact) mass is 360 g/mol. The molecule has 6 nitrogen and oxygen atoms in total. The second kappa shape index (κ2) is 8.68. The van der Waals surface area contributed by atoms with Crippen LogP contribution in [0.1, 0.15) is 16.8 Å². The highest BCUT2D eigenvalue weighted by molar-refractivity contribution is 5.80. The van der Waals surface area contributed by atoms with Crippen LogP contribution >= 0.6 is 0 Å². The third-order valence-electron chi connectivity index (χ3n) is 4.02. The van der Waals surface area contributed by atoms with E-state index in [1.807, 2.05) is 31.2 Å². The van der Waals surface area contributed by atoms with Gasteiger partial charge in [0.1, 0.15) is 6.26 Å². The Hall–Kier alpha value is -3.59. The molecule has 0 spiro atoms. The lowest BCUT2D eigenvalue weighted by molar-refractivity contribution is -0.119. The lowest BCUT2D eigenvalue weighted by Gasteiger charge is -2.07. The lowest BCUT2D eigenvalue weighted by atomic mass is 10.1. The van der Waals surface area contributed by atoms with Gasteiger partial charge in [-0.15, -0.1) is 0 Å². The Labute approximate surface area is 157 Å². The fourth-order valence-electron chi connectivity index (χ4n) is 2.49. The molecule has 1 aromatic heterocycles. The van der Waals surface area contributed by atoms with E-state index >= 15 is 0 Å². The maximum absolute atomic E-state index is 11.9. The Morgan fingerprint density at radius 2 is 1.89 bits per heavy atom. The molecule has 0 radical (unpaired) electrons. The molecule has 2 aromatic carbocycles. The minimum Gasteiger partial charge on any atom is -0.444 e. The van der Waals surface area contributed by atoms with Crippen molar-refractivity contribution in [2.75, 3.05) is 18.4 Å². The first-order valence-corrected chi connectivity index (χ1v) is 8.66. The van der Waals surface area contributed by atoms with Gasteiger partial charge in [0.15, 0.2) is 0 Å². The average molecular weight is 360 g/mol. The number of anilines is 1. The fourth-order valence-corrected chi connectivity index (χ4v) is 2.49.